The number of phenolic OH excluding ortho intramolecular Hbond substituents is 1. The molecule has 1 aromatic heterocycles. The van der Waals surface area contributed by atoms with Gasteiger partial charge in [-0.05, 0) is 60.9 Å². The van der Waals surface area contributed by atoms with Gasteiger partial charge < -0.3 is 19.9 Å². The zero-order chi connectivity index (χ0) is 21.9. The average Bonchev–Trinajstić information content (AvgIpc) is 3.42. The number of ether oxygens (including phenoxy) is 1. The fourth-order valence-electron chi connectivity index (χ4n) is 7.71. The Hall–Kier alpha value is -2.76. The first-order valence-electron chi connectivity index (χ1n) is 12.3. The van der Waals surface area contributed by atoms with Crippen molar-refractivity contribution < 1.29 is 14.9 Å². The van der Waals surface area contributed by atoms with Gasteiger partial charge in [-0.2, -0.15) is 0 Å². The molecule has 5 heteroatoms. The monoisotopic (exact) mass is 440 g/mol. The number of aromatic amines is 1. The second-order valence-corrected chi connectivity index (χ2v) is 10.9. The van der Waals surface area contributed by atoms with Crippen LogP contribution in [-0.2, 0) is 18.3 Å². The molecule has 2 fully saturated rings. The Morgan fingerprint density at radius 3 is 2.79 bits per heavy atom. The molecule has 0 radical (unpaired) electrons. The van der Waals surface area contributed by atoms with Gasteiger partial charge in [-0.25, -0.2) is 0 Å². The number of nitrogens with one attached hydrogen (secondary N) is 1. The molecular formula is C28H28N2O3. The molecule has 2 aromatic carbocycles. The summed E-state index contributed by atoms with van der Waals surface area (Å²) in [5.74, 6) is 1.56. The minimum Gasteiger partial charge on any atom is -0.504 e. The molecule has 4 atom stereocenters. The lowest BCUT2D eigenvalue weighted by atomic mass is 9.49. The molecule has 1 spiro atoms. The number of hydrogen-bond acceptors (Lipinski definition) is 4. The Kier molecular flexibility index (Phi) is 3.40. The smallest absolute Gasteiger partial charge is 0.166 e. The lowest BCUT2D eigenvalue weighted by Crippen LogP contribution is -2.74. The van der Waals surface area contributed by atoms with Crippen molar-refractivity contribution in [1.29, 1.82) is 0 Å². The van der Waals surface area contributed by atoms with E-state index in [-0.39, 0.29) is 17.9 Å². The molecule has 2 bridgehead atoms. The third kappa shape index (κ3) is 2.16. The summed E-state index contributed by atoms with van der Waals surface area (Å²) in [6, 6.07) is 14.3. The number of piperidine rings is 1. The summed E-state index contributed by atoms with van der Waals surface area (Å²) in [7, 11) is 0. The van der Waals surface area contributed by atoms with Crippen LogP contribution >= 0.6 is 0 Å². The molecule has 3 heterocycles. The van der Waals surface area contributed by atoms with E-state index in [0.717, 1.165) is 54.2 Å². The van der Waals surface area contributed by atoms with Crippen molar-refractivity contribution in [3.05, 3.63) is 71.0 Å². The molecule has 1 saturated heterocycles. The van der Waals surface area contributed by atoms with Crippen molar-refractivity contribution in [2.45, 2.75) is 55.3 Å². The fourth-order valence-corrected chi connectivity index (χ4v) is 7.71. The van der Waals surface area contributed by atoms with E-state index in [4.69, 9.17) is 4.74 Å². The third-order valence-electron chi connectivity index (χ3n) is 9.33. The highest BCUT2D eigenvalue weighted by atomic mass is 16.5. The Bertz CT molecular complexity index is 1300. The maximum absolute atomic E-state index is 12.8. The lowest BCUT2D eigenvalue weighted by molar-refractivity contribution is -0.173. The van der Waals surface area contributed by atoms with E-state index < -0.39 is 11.0 Å². The molecule has 5 aliphatic rings. The predicted octanol–water partition coefficient (Wildman–Crippen LogP) is 4.09. The minimum absolute atomic E-state index is 0.0626. The summed E-state index contributed by atoms with van der Waals surface area (Å²) < 4.78 is 6.62. The first-order chi connectivity index (χ1) is 16.1. The summed E-state index contributed by atoms with van der Waals surface area (Å²) >= 11 is 0. The van der Waals surface area contributed by atoms with Crippen LogP contribution in [0.5, 0.6) is 11.5 Å². The summed E-state index contributed by atoms with van der Waals surface area (Å²) in [5, 5.41) is 23.6. The van der Waals surface area contributed by atoms with Crippen LogP contribution in [0.25, 0.3) is 11.1 Å². The van der Waals surface area contributed by atoms with Gasteiger partial charge in [0.25, 0.3) is 0 Å². The van der Waals surface area contributed by atoms with E-state index in [0.29, 0.717) is 12.2 Å². The lowest BCUT2D eigenvalue weighted by Gasteiger charge is -2.62. The highest BCUT2D eigenvalue weighted by molar-refractivity contribution is 5.72. The first-order valence-corrected chi connectivity index (χ1v) is 12.3. The Morgan fingerprint density at radius 2 is 1.97 bits per heavy atom. The van der Waals surface area contributed by atoms with Crippen LogP contribution in [0.4, 0.5) is 0 Å². The summed E-state index contributed by atoms with van der Waals surface area (Å²) in [5.41, 5.74) is 5.38. The number of benzene rings is 2. The number of aromatic nitrogens is 1. The molecule has 33 heavy (non-hydrogen) atoms. The Labute approximate surface area is 193 Å². The number of fused-ring (bicyclic) bond motifs is 2. The van der Waals surface area contributed by atoms with Gasteiger partial charge in [0, 0.05) is 36.3 Å². The molecule has 3 aromatic rings. The van der Waals surface area contributed by atoms with Gasteiger partial charge in [0.2, 0.25) is 0 Å². The molecule has 168 valence electrons. The topological polar surface area (TPSA) is 68.7 Å². The number of nitrogens with zero attached hydrogens (tertiary/aromatic N) is 1. The number of rotatable bonds is 3. The zero-order valence-corrected chi connectivity index (χ0v) is 18.6. The molecular weight excluding hydrogens is 412 g/mol. The third-order valence-corrected chi connectivity index (χ3v) is 9.33. The molecule has 5 nitrogen and oxygen atoms in total. The van der Waals surface area contributed by atoms with Crippen LogP contribution in [-0.4, -0.2) is 44.8 Å². The number of aliphatic hydroxyl groups is 1. The fraction of sp³-hybridized carbons (Fsp3) is 0.429. The maximum Gasteiger partial charge on any atom is 0.166 e. The van der Waals surface area contributed by atoms with E-state index in [2.05, 4.69) is 46.4 Å². The van der Waals surface area contributed by atoms with Crippen molar-refractivity contribution in [2.75, 3.05) is 13.1 Å². The van der Waals surface area contributed by atoms with Crippen molar-refractivity contribution in [3.63, 3.8) is 0 Å². The average molecular weight is 441 g/mol. The highest BCUT2D eigenvalue weighted by Gasteiger charge is 2.72. The second-order valence-electron chi connectivity index (χ2n) is 10.9. The molecule has 8 rings (SSSR count). The number of hydrogen-bond donors (Lipinski definition) is 3. The molecule has 0 amide bonds. The number of aromatic hydroxyl groups is 1. The molecule has 3 aliphatic carbocycles. The SMILES string of the molecule is Oc1ccc2c3c1O[C@H]1c4[nH]cc(-c5ccccc5)c4C[C@@]4(O)[C@H](C2)N(CC2CC2)CC[C@]314. The van der Waals surface area contributed by atoms with Gasteiger partial charge in [0.15, 0.2) is 17.6 Å². The van der Waals surface area contributed by atoms with Crippen molar-refractivity contribution in [2.24, 2.45) is 5.92 Å². The van der Waals surface area contributed by atoms with Crippen LogP contribution in [0, 0.1) is 5.92 Å². The van der Waals surface area contributed by atoms with Crippen LogP contribution in [0.15, 0.2) is 48.7 Å². The van der Waals surface area contributed by atoms with Crippen LogP contribution in [0.3, 0.4) is 0 Å². The molecule has 2 aliphatic heterocycles. The quantitative estimate of drug-likeness (QED) is 0.574. The second kappa shape index (κ2) is 6.02. The van der Waals surface area contributed by atoms with Gasteiger partial charge >= 0.3 is 0 Å². The maximum atomic E-state index is 12.8. The van der Waals surface area contributed by atoms with Crippen LogP contribution in [0.2, 0.25) is 0 Å². The molecule has 3 N–H and O–H groups in total. The summed E-state index contributed by atoms with van der Waals surface area (Å²) in [6.07, 6.45) is 6.66. The van der Waals surface area contributed by atoms with Gasteiger partial charge in [0.1, 0.15) is 0 Å². The van der Waals surface area contributed by atoms with Crippen molar-refractivity contribution >= 4 is 0 Å². The first kappa shape index (κ1) is 18.6. The predicted molar refractivity (Wildman–Crippen MR) is 124 cm³/mol. The minimum atomic E-state index is -0.935. The Morgan fingerprint density at radius 1 is 1.12 bits per heavy atom. The molecule has 0 unspecified atom stereocenters. The zero-order valence-electron chi connectivity index (χ0n) is 18.6. The Balaban J connectivity index is 1.37. The van der Waals surface area contributed by atoms with Crippen LogP contribution < -0.4 is 4.74 Å². The van der Waals surface area contributed by atoms with Crippen molar-refractivity contribution in [3.8, 4) is 22.6 Å². The van der Waals surface area contributed by atoms with Gasteiger partial charge in [-0.15, -0.1) is 0 Å². The van der Waals surface area contributed by atoms with Crippen molar-refractivity contribution in [1.82, 2.24) is 9.88 Å². The van der Waals surface area contributed by atoms with E-state index in [9.17, 15) is 10.2 Å². The number of H-pyrrole nitrogens is 1. The molecule has 1 saturated carbocycles. The summed E-state index contributed by atoms with van der Waals surface area (Å²) in [6.45, 7) is 2.06. The standard InChI is InChI=1S/C28H28N2O3/c31-21-9-8-18-12-22-28(32)13-19-20(17-4-2-1-3-5-17)14-29-24(19)26-27(28,23(18)25(21)33-26)10-11-30(22)15-16-6-7-16/h1-5,8-9,14,16,22,26,29,31-32H,6-7,10-13,15H2/t22-,26-,27-,28+/m0/s1. The number of phenols is 1. The van der Waals surface area contributed by atoms with E-state index in [1.54, 1.807) is 6.07 Å². The van der Waals surface area contributed by atoms with E-state index in [1.165, 1.54) is 24.0 Å². The van der Waals surface area contributed by atoms with E-state index in [1.807, 2.05) is 6.07 Å². The van der Waals surface area contributed by atoms with Gasteiger partial charge in [0.05, 0.1) is 16.7 Å². The number of likely N-dealkylation sites (tertiary alicyclic amines) is 1. The van der Waals surface area contributed by atoms with Gasteiger partial charge in [-0.1, -0.05) is 36.4 Å². The van der Waals surface area contributed by atoms with E-state index >= 15 is 0 Å². The largest absolute Gasteiger partial charge is 0.504 e. The highest BCUT2D eigenvalue weighted by Crippen LogP contribution is 2.69. The normalized spacial score (nSPS) is 33.4. The summed E-state index contributed by atoms with van der Waals surface area (Å²) in [4.78, 5) is 6.13. The van der Waals surface area contributed by atoms with Gasteiger partial charge in [-0.3, -0.25) is 4.90 Å². The van der Waals surface area contributed by atoms with Crippen LogP contribution in [0.1, 0.15) is 47.8 Å².